The topological polar surface area (TPSA) is 60.4 Å². The number of para-hydroxylation sites is 1. The SMILES string of the molecule is O=S([O-])c1ccccc1O. The van der Waals surface area contributed by atoms with Gasteiger partial charge in [0.05, 0.1) is 4.90 Å². The minimum atomic E-state index is -2.34. The van der Waals surface area contributed by atoms with E-state index in [2.05, 4.69) is 0 Å². The summed E-state index contributed by atoms with van der Waals surface area (Å²) < 4.78 is 20.5. The molecule has 54 valence electrons. The van der Waals surface area contributed by atoms with Crippen molar-refractivity contribution in [3.63, 3.8) is 0 Å². The molecule has 0 saturated heterocycles. The Morgan fingerprint density at radius 3 is 2.40 bits per heavy atom. The van der Waals surface area contributed by atoms with Crippen molar-refractivity contribution in [3.05, 3.63) is 24.3 Å². The number of phenols is 1. The van der Waals surface area contributed by atoms with Crippen LogP contribution in [0.2, 0.25) is 0 Å². The third kappa shape index (κ3) is 1.34. The third-order valence-corrected chi connectivity index (χ3v) is 1.75. The molecule has 0 aliphatic carbocycles. The molecule has 0 aromatic heterocycles. The Morgan fingerprint density at radius 2 is 2.00 bits per heavy atom. The monoisotopic (exact) mass is 157 g/mol. The molecule has 1 rings (SSSR count). The second-order valence-electron chi connectivity index (χ2n) is 1.70. The van der Waals surface area contributed by atoms with Gasteiger partial charge in [-0.15, -0.1) is 0 Å². The van der Waals surface area contributed by atoms with Crippen molar-refractivity contribution in [1.29, 1.82) is 0 Å². The summed E-state index contributed by atoms with van der Waals surface area (Å²) in [6.07, 6.45) is 0. The maximum atomic E-state index is 10.3. The molecule has 1 unspecified atom stereocenters. The highest BCUT2D eigenvalue weighted by Crippen LogP contribution is 2.17. The summed E-state index contributed by atoms with van der Waals surface area (Å²) in [6.45, 7) is 0. The quantitative estimate of drug-likeness (QED) is 0.608. The number of phenolic OH excluding ortho intramolecular Hbond substituents is 1. The summed E-state index contributed by atoms with van der Waals surface area (Å²) in [5, 5.41) is 8.89. The molecule has 10 heavy (non-hydrogen) atoms. The van der Waals surface area contributed by atoms with Gasteiger partial charge < -0.3 is 9.66 Å². The van der Waals surface area contributed by atoms with E-state index in [1.54, 1.807) is 12.1 Å². The molecule has 3 nitrogen and oxygen atoms in total. The number of benzene rings is 1. The molecule has 0 aliphatic rings. The van der Waals surface area contributed by atoms with E-state index in [0.29, 0.717) is 0 Å². The number of aromatic hydroxyl groups is 1. The molecule has 0 spiro atoms. The molecule has 0 bridgehead atoms. The minimum absolute atomic E-state index is 0.0671. The van der Waals surface area contributed by atoms with Crippen molar-refractivity contribution in [3.8, 4) is 5.75 Å². The fourth-order valence-electron chi connectivity index (χ4n) is 0.598. The van der Waals surface area contributed by atoms with Crippen molar-refractivity contribution in [2.24, 2.45) is 0 Å². The Labute approximate surface area is 60.6 Å². The average molecular weight is 157 g/mol. The molecular weight excluding hydrogens is 152 g/mol. The first-order chi connectivity index (χ1) is 4.72. The maximum absolute atomic E-state index is 10.3. The lowest BCUT2D eigenvalue weighted by atomic mass is 10.3. The Balaban J connectivity index is 3.15. The first kappa shape index (κ1) is 7.24. The van der Waals surface area contributed by atoms with Crippen LogP contribution >= 0.6 is 0 Å². The van der Waals surface area contributed by atoms with Gasteiger partial charge in [0.25, 0.3) is 0 Å². The van der Waals surface area contributed by atoms with Crippen LogP contribution < -0.4 is 0 Å². The summed E-state index contributed by atoms with van der Waals surface area (Å²) in [5.74, 6) is -0.212. The van der Waals surface area contributed by atoms with E-state index in [1.807, 2.05) is 0 Å². The minimum Gasteiger partial charge on any atom is -0.768 e. The van der Waals surface area contributed by atoms with Crippen molar-refractivity contribution >= 4 is 11.1 Å². The zero-order valence-corrected chi connectivity index (χ0v) is 5.80. The van der Waals surface area contributed by atoms with Gasteiger partial charge in [-0.1, -0.05) is 12.1 Å². The lowest BCUT2D eigenvalue weighted by Gasteiger charge is -2.05. The van der Waals surface area contributed by atoms with E-state index in [0.717, 1.165) is 0 Å². The first-order valence-corrected chi connectivity index (χ1v) is 3.66. The molecular formula is C6H5O3S-. The van der Waals surface area contributed by atoms with Gasteiger partial charge in [0.2, 0.25) is 0 Å². The van der Waals surface area contributed by atoms with E-state index in [4.69, 9.17) is 5.11 Å². The Kier molecular flexibility index (Phi) is 2.03. The zero-order valence-electron chi connectivity index (χ0n) is 4.98. The van der Waals surface area contributed by atoms with Crippen LogP contribution in [0.1, 0.15) is 0 Å². The van der Waals surface area contributed by atoms with Gasteiger partial charge in [0.15, 0.2) is 0 Å². The predicted molar refractivity (Wildman–Crippen MR) is 35.3 cm³/mol. The smallest absolute Gasteiger partial charge is 0.130 e. The van der Waals surface area contributed by atoms with Crippen molar-refractivity contribution < 1.29 is 13.9 Å². The van der Waals surface area contributed by atoms with Crippen LogP contribution in [0.4, 0.5) is 0 Å². The van der Waals surface area contributed by atoms with Crippen LogP contribution in [0, 0.1) is 0 Å². The molecule has 0 radical (unpaired) electrons. The van der Waals surface area contributed by atoms with Gasteiger partial charge in [-0.05, 0) is 23.2 Å². The van der Waals surface area contributed by atoms with Crippen LogP contribution in [-0.2, 0) is 11.1 Å². The molecule has 0 fully saturated rings. The van der Waals surface area contributed by atoms with Crippen molar-refractivity contribution in [2.45, 2.75) is 4.90 Å². The first-order valence-electron chi connectivity index (χ1n) is 2.59. The summed E-state index contributed by atoms with van der Waals surface area (Å²) in [7, 11) is 0. The summed E-state index contributed by atoms with van der Waals surface area (Å²) in [6, 6.07) is 5.76. The molecule has 1 aromatic rings. The maximum Gasteiger partial charge on any atom is 0.130 e. The Hall–Kier alpha value is -0.870. The van der Waals surface area contributed by atoms with E-state index >= 15 is 0 Å². The van der Waals surface area contributed by atoms with Crippen LogP contribution in [0.3, 0.4) is 0 Å². The molecule has 0 amide bonds. The van der Waals surface area contributed by atoms with Crippen molar-refractivity contribution in [2.75, 3.05) is 0 Å². The van der Waals surface area contributed by atoms with Crippen LogP contribution in [0.25, 0.3) is 0 Å². The van der Waals surface area contributed by atoms with Gasteiger partial charge in [0.1, 0.15) is 5.75 Å². The molecule has 1 N–H and O–H groups in total. The highest BCUT2D eigenvalue weighted by Gasteiger charge is 1.96. The van der Waals surface area contributed by atoms with E-state index < -0.39 is 11.1 Å². The van der Waals surface area contributed by atoms with Gasteiger partial charge in [-0.25, -0.2) is 0 Å². The van der Waals surface area contributed by atoms with Crippen LogP contribution in [-0.4, -0.2) is 13.9 Å². The summed E-state index contributed by atoms with van der Waals surface area (Å²) in [5.41, 5.74) is 0. The molecule has 4 heteroatoms. The standard InChI is InChI=1S/C6H6O3S/c7-5-3-1-2-4-6(5)10(8)9/h1-4,7H,(H,8,9)/p-1. The fourth-order valence-corrected chi connectivity index (χ4v) is 1.03. The second-order valence-corrected chi connectivity index (χ2v) is 2.61. The predicted octanol–water partition coefficient (Wildman–Crippen LogP) is 0.630. The van der Waals surface area contributed by atoms with Gasteiger partial charge >= 0.3 is 0 Å². The molecule has 1 aromatic carbocycles. The largest absolute Gasteiger partial charge is 0.768 e. The van der Waals surface area contributed by atoms with Gasteiger partial charge in [-0.3, -0.25) is 4.21 Å². The number of hydrogen-bond donors (Lipinski definition) is 1. The van der Waals surface area contributed by atoms with Crippen molar-refractivity contribution in [1.82, 2.24) is 0 Å². The highest BCUT2D eigenvalue weighted by atomic mass is 32.2. The van der Waals surface area contributed by atoms with E-state index in [9.17, 15) is 8.76 Å². The second kappa shape index (κ2) is 2.81. The normalized spacial score (nSPS) is 12.9. The molecule has 1 atom stereocenters. The van der Waals surface area contributed by atoms with E-state index in [-0.39, 0.29) is 10.6 Å². The molecule has 0 heterocycles. The van der Waals surface area contributed by atoms with Gasteiger partial charge in [-0.2, -0.15) is 0 Å². The Bertz CT molecular complexity index is 259. The number of rotatable bonds is 1. The van der Waals surface area contributed by atoms with Crippen LogP contribution in [0.15, 0.2) is 29.2 Å². The Morgan fingerprint density at radius 1 is 1.40 bits per heavy atom. The summed E-state index contributed by atoms with van der Waals surface area (Å²) in [4.78, 5) is -0.0671. The van der Waals surface area contributed by atoms with Gasteiger partial charge in [0, 0.05) is 0 Å². The molecule has 0 saturated carbocycles. The third-order valence-electron chi connectivity index (χ3n) is 1.04. The highest BCUT2D eigenvalue weighted by molar-refractivity contribution is 7.79. The lowest BCUT2D eigenvalue weighted by molar-refractivity contribution is 0.455. The van der Waals surface area contributed by atoms with Crippen LogP contribution in [0.5, 0.6) is 5.75 Å². The average Bonchev–Trinajstić information content (AvgIpc) is 1.88. The molecule has 0 aliphatic heterocycles. The lowest BCUT2D eigenvalue weighted by Crippen LogP contribution is -1.87. The summed E-state index contributed by atoms with van der Waals surface area (Å²) >= 11 is -2.34. The van der Waals surface area contributed by atoms with E-state index in [1.165, 1.54) is 12.1 Å². The number of hydrogen-bond acceptors (Lipinski definition) is 3. The fraction of sp³-hybridized carbons (Fsp3) is 0. The zero-order chi connectivity index (χ0) is 7.56.